The summed E-state index contributed by atoms with van der Waals surface area (Å²) in [7, 11) is 0. The highest BCUT2D eigenvalue weighted by molar-refractivity contribution is 6.07. The molecule has 3 aromatic heterocycles. The number of hydrogen-bond acceptors (Lipinski definition) is 4. The van der Waals surface area contributed by atoms with E-state index in [1.165, 1.54) is 0 Å². The Morgan fingerprint density at radius 2 is 2.00 bits per heavy atom. The molecule has 0 bridgehead atoms. The number of hydrogen-bond donors (Lipinski definition) is 1. The summed E-state index contributed by atoms with van der Waals surface area (Å²) in [6.07, 6.45) is 5.16. The number of nitrogens with zero attached hydrogens (tertiary/aromatic N) is 3. The highest BCUT2D eigenvalue weighted by atomic mass is 14.9. The van der Waals surface area contributed by atoms with Gasteiger partial charge in [0.05, 0.1) is 11.7 Å². The summed E-state index contributed by atoms with van der Waals surface area (Å²) in [6.45, 7) is 0. The Kier molecular flexibility index (Phi) is 1.56. The maximum atomic E-state index is 5.82. The zero-order valence-electron chi connectivity index (χ0n) is 7.88. The molecular weight excluding hydrogens is 188 g/mol. The molecule has 4 heteroatoms. The maximum Gasteiger partial charge on any atom is 0.150 e. The molecule has 0 aliphatic heterocycles. The first-order chi connectivity index (χ1) is 7.36. The van der Waals surface area contributed by atoms with Gasteiger partial charge in [-0.3, -0.25) is 9.97 Å². The molecule has 0 fully saturated rings. The lowest BCUT2D eigenvalue weighted by Crippen LogP contribution is -1.95. The lowest BCUT2D eigenvalue weighted by molar-refractivity contribution is 1.31. The van der Waals surface area contributed by atoms with Crippen molar-refractivity contribution in [1.29, 1.82) is 0 Å². The predicted octanol–water partition coefficient (Wildman–Crippen LogP) is 1.76. The molecule has 0 unspecified atom stereocenters. The summed E-state index contributed by atoms with van der Waals surface area (Å²) in [4.78, 5) is 12.5. The third-order valence-electron chi connectivity index (χ3n) is 2.38. The number of nitrogens with two attached hydrogens (primary N) is 1. The van der Waals surface area contributed by atoms with E-state index in [-0.39, 0.29) is 0 Å². The number of pyridine rings is 3. The van der Waals surface area contributed by atoms with Gasteiger partial charge in [0.15, 0.2) is 5.82 Å². The van der Waals surface area contributed by atoms with Gasteiger partial charge in [-0.05, 0) is 12.1 Å². The van der Waals surface area contributed by atoms with Gasteiger partial charge in [0, 0.05) is 23.2 Å². The van der Waals surface area contributed by atoms with Crippen molar-refractivity contribution in [2.45, 2.75) is 0 Å². The summed E-state index contributed by atoms with van der Waals surface area (Å²) in [5, 5.41) is 2.05. The normalized spacial score (nSPS) is 10.9. The predicted molar refractivity (Wildman–Crippen MR) is 59.3 cm³/mol. The second-order valence-electron chi connectivity index (χ2n) is 3.29. The van der Waals surface area contributed by atoms with Gasteiger partial charge >= 0.3 is 0 Å². The van der Waals surface area contributed by atoms with E-state index in [2.05, 4.69) is 15.0 Å². The molecule has 0 atom stereocenters. The summed E-state index contributed by atoms with van der Waals surface area (Å²) in [5.41, 5.74) is 7.37. The molecule has 3 aromatic rings. The topological polar surface area (TPSA) is 64.7 Å². The Labute approximate surface area is 85.8 Å². The Balaban J connectivity index is 2.64. The van der Waals surface area contributed by atoms with Gasteiger partial charge in [0.25, 0.3) is 0 Å². The second kappa shape index (κ2) is 2.88. The molecule has 0 aliphatic rings. The molecule has 3 heterocycles. The van der Waals surface area contributed by atoms with Crippen LogP contribution in [0.2, 0.25) is 0 Å². The first kappa shape index (κ1) is 8.11. The molecule has 0 saturated heterocycles. The van der Waals surface area contributed by atoms with Crippen molar-refractivity contribution in [2.75, 3.05) is 5.73 Å². The number of anilines is 1. The molecule has 0 radical (unpaired) electrons. The minimum atomic E-state index is 0.450. The van der Waals surface area contributed by atoms with Crippen LogP contribution in [0, 0.1) is 0 Å². The molecule has 72 valence electrons. The van der Waals surface area contributed by atoms with E-state index in [0.29, 0.717) is 5.82 Å². The molecule has 2 N–H and O–H groups in total. The summed E-state index contributed by atoms with van der Waals surface area (Å²) in [5.74, 6) is 0.450. The van der Waals surface area contributed by atoms with Gasteiger partial charge in [0.1, 0.15) is 5.52 Å². The van der Waals surface area contributed by atoms with Crippen molar-refractivity contribution in [3.05, 3.63) is 36.8 Å². The molecule has 15 heavy (non-hydrogen) atoms. The molecule has 0 saturated carbocycles. The zero-order chi connectivity index (χ0) is 10.3. The fourth-order valence-electron chi connectivity index (χ4n) is 1.71. The first-order valence-electron chi connectivity index (χ1n) is 4.60. The van der Waals surface area contributed by atoms with E-state index in [4.69, 9.17) is 5.73 Å². The largest absolute Gasteiger partial charge is 0.382 e. The van der Waals surface area contributed by atoms with Crippen molar-refractivity contribution < 1.29 is 0 Å². The van der Waals surface area contributed by atoms with Crippen LogP contribution in [0.15, 0.2) is 36.8 Å². The Morgan fingerprint density at radius 1 is 1.07 bits per heavy atom. The van der Waals surface area contributed by atoms with Crippen LogP contribution in [-0.2, 0) is 0 Å². The number of fused-ring (bicyclic) bond motifs is 3. The third-order valence-corrected chi connectivity index (χ3v) is 2.38. The number of nitrogen functional groups attached to an aromatic ring is 1. The molecule has 3 rings (SSSR count). The quantitative estimate of drug-likeness (QED) is 0.556. The molecule has 0 spiro atoms. The van der Waals surface area contributed by atoms with Crippen molar-refractivity contribution in [1.82, 2.24) is 15.0 Å². The van der Waals surface area contributed by atoms with Gasteiger partial charge in [-0.2, -0.15) is 0 Å². The second-order valence-corrected chi connectivity index (χ2v) is 3.29. The van der Waals surface area contributed by atoms with E-state index in [0.717, 1.165) is 21.8 Å². The average molecular weight is 196 g/mol. The minimum absolute atomic E-state index is 0.450. The van der Waals surface area contributed by atoms with Crippen molar-refractivity contribution >= 4 is 27.6 Å². The van der Waals surface area contributed by atoms with E-state index in [1.807, 2.05) is 18.2 Å². The van der Waals surface area contributed by atoms with Crippen LogP contribution in [0.4, 0.5) is 5.82 Å². The Bertz CT molecular complexity index is 648. The highest BCUT2D eigenvalue weighted by Crippen LogP contribution is 2.24. The standard InChI is InChI=1S/C11H8N4/c12-11-10-8(2-1-4-14-10)7-3-5-13-6-9(7)15-11/h1-6H,(H2,12,15). The average Bonchev–Trinajstić information content (AvgIpc) is 2.30. The molecular formula is C11H8N4. The lowest BCUT2D eigenvalue weighted by Gasteiger charge is -2.03. The van der Waals surface area contributed by atoms with E-state index >= 15 is 0 Å². The Hall–Kier alpha value is -2.23. The van der Waals surface area contributed by atoms with Gasteiger partial charge in [-0.25, -0.2) is 4.98 Å². The number of aromatic nitrogens is 3. The van der Waals surface area contributed by atoms with Gasteiger partial charge in [0.2, 0.25) is 0 Å². The summed E-state index contributed by atoms with van der Waals surface area (Å²) >= 11 is 0. The van der Waals surface area contributed by atoms with Crippen LogP contribution in [0.5, 0.6) is 0 Å². The van der Waals surface area contributed by atoms with Crippen LogP contribution in [0.25, 0.3) is 21.8 Å². The molecule has 0 amide bonds. The van der Waals surface area contributed by atoms with Crippen LogP contribution < -0.4 is 5.73 Å². The maximum absolute atomic E-state index is 5.82. The monoisotopic (exact) mass is 196 g/mol. The van der Waals surface area contributed by atoms with Gasteiger partial charge in [-0.1, -0.05) is 6.07 Å². The first-order valence-corrected chi connectivity index (χ1v) is 4.60. The smallest absolute Gasteiger partial charge is 0.150 e. The van der Waals surface area contributed by atoms with Crippen molar-refractivity contribution in [2.24, 2.45) is 0 Å². The van der Waals surface area contributed by atoms with Crippen molar-refractivity contribution in [3.8, 4) is 0 Å². The SMILES string of the molecule is Nc1nc2cnccc2c2cccnc12. The van der Waals surface area contributed by atoms with Gasteiger partial charge < -0.3 is 5.73 Å². The van der Waals surface area contributed by atoms with Crippen LogP contribution >= 0.6 is 0 Å². The number of rotatable bonds is 0. The summed E-state index contributed by atoms with van der Waals surface area (Å²) in [6, 6.07) is 5.80. The molecule has 0 aromatic carbocycles. The van der Waals surface area contributed by atoms with E-state index in [1.54, 1.807) is 18.6 Å². The molecule has 0 aliphatic carbocycles. The lowest BCUT2D eigenvalue weighted by atomic mass is 10.1. The van der Waals surface area contributed by atoms with Crippen LogP contribution in [0.1, 0.15) is 0 Å². The third kappa shape index (κ3) is 1.11. The highest BCUT2D eigenvalue weighted by Gasteiger charge is 2.05. The fourth-order valence-corrected chi connectivity index (χ4v) is 1.71. The van der Waals surface area contributed by atoms with Crippen molar-refractivity contribution in [3.63, 3.8) is 0 Å². The van der Waals surface area contributed by atoms with Crippen LogP contribution in [0.3, 0.4) is 0 Å². The summed E-state index contributed by atoms with van der Waals surface area (Å²) < 4.78 is 0. The fraction of sp³-hybridized carbons (Fsp3) is 0. The molecule has 4 nitrogen and oxygen atoms in total. The Morgan fingerprint density at radius 3 is 2.93 bits per heavy atom. The van der Waals surface area contributed by atoms with Gasteiger partial charge in [-0.15, -0.1) is 0 Å². The minimum Gasteiger partial charge on any atom is -0.382 e. The zero-order valence-corrected chi connectivity index (χ0v) is 7.88. The van der Waals surface area contributed by atoms with Crippen LogP contribution in [-0.4, -0.2) is 15.0 Å². The van der Waals surface area contributed by atoms with E-state index < -0.39 is 0 Å². The van der Waals surface area contributed by atoms with E-state index in [9.17, 15) is 0 Å².